The molecule has 1 aliphatic heterocycles. The second-order valence-electron chi connectivity index (χ2n) is 6.02. The van der Waals surface area contributed by atoms with Gasteiger partial charge in [0.2, 0.25) is 0 Å². The molecule has 2 aromatic heterocycles. The van der Waals surface area contributed by atoms with Crippen molar-refractivity contribution in [3.05, 3.63) is 70.4 Å². The van der Waals surface area contributed by atoms with E-state index >= 15 is 0 Å². The van der Waals surface area contributed by atoms with Gasteiger partial charge >= 0.3 is 5.97 Å². The first-order valence-corrected chi connectivity index (χ1v) is 8.27. The smallest absolute Gasteiger partial charge is 0.337 e. The van der Waals surface area contributed by atoms with Gasteiger partial charge in [0, 0.05) is 40.2 Å². The average Bonchev–Trinajstić information content (AvgIpc) is 3.21. The van der Waals surface area contributed by atoms with Gasteiger partial charge in [0.05, 0.1) is 5.56 Å². The highest BCUT2D eigenvalue weighted by Gasteiger charge is 2.34. The number of aromatic carboxylic acids is 1. The first-order chi connectivity index (χ1) is 12.5. The monoisotopic (exact) mass is 368 g/mol. The summed E-state index contributed by atoms with van der Waals surface area (Å²) in [5.41, 5.74) is 2.04. The topological polar surface area (TPSA) is 92.4 Å². The second-order valence-corrected chi connectivity index (χ2v) is 6.50. The van der Waals surface area contributed by atoms with E-state index in [2.05, 4.69) is 10.3 Å². The lowest BCUT2D eigenvalue weighted by Gasteiger charge is -2.14. The minimum absolute atomic E-state index is 0.0763. The highest BCUT2D eigenvalue weighted by molar-refractivity contribution is 6.30. The Morgan fingerprint density at radius 1 is 1.35 bits per heavy atom. The number of allylic oxidation sites excluding steroid dienone is 4. The summed E-state index contributed by atoms with van der Waals surface area (Å²) < 4.78 is 5.76. The zero-order valence-corrected chi connectivity index (χ0v) is 14.2. The van der Waals surface area contributed by atoms with Crippen LogP contribution in [0.5, 0.6) is 0 Å². The molecule has 1 aliphatic carbocycles. The first-order valence-electron chi connectivity index (χ1n) is 7.89. The fraction of sp³-hybridized carbons (Fsp3) is 0.105. The molecule has 2 N–H and O–H groups in total. The van der Waals surface area contributed by atoms with Gasteiger partial charge in [-0.3, -0.25) is 9.78 Å². The van der Waals surface area contributed by atoms with Crippen molar-refractivity contribution in [2.75, 3.05) is 0 Å². The van der Waals surface area contributed by atoms with E-state index in [1.54, 1.807) is 24.3 Å². The number of nitrogens with one attached hydrogen (secondary N) is 1. The number of fused-ring (bicyclic) bond motifs is 1. The van der Waals surface area contributed by atoms with E-state index < -0.39 is 5.97 Å². The largest absolute Gasteiger partial charge is 0.478 e. The summed E-state index contributed by atoms with van der Waals surface area (Å²) in [7, 11) is 0. The maximum Gasteiger partial charge on any atom is 0.337 e. The maximum absolute atomic E-state index is 12.2. The number of amides is 1. The predicted octanol–water partition coefficient (Wildman–Crippen LogP) is 3.58. The normalized spacial score (nSPS) is 20.4. The van der Waals surface area contributed by atoms with Crippen molar-refractivity contribution < 1.29 is 19.1 Å². The van der Waals surface area contributed by atoms with Gasteiger partial charge in [-0.1, -0.05) is 11.6 Å². The Balaban J connectivity index is 1.65. The van der Waals surface area contributed by atoms with Gasteiger partial charge < -0.3 is 14.8 Å². The Labute approximate surface area is 153 Å². The standard InChI is InChI=1S/C19H13ClN2O4/c20-12-1-3-16-14(6-12)15(18(23)22-16)7-13-2-4-17(26-13)10-5-11(19(24)25)9-21-8-10/h1-5,7-9,14H,6H2,(H,22,23)(H,24,25)/b15-7+. The van der Waals surface area contributed by atoms with Crippen molar-refractivity contribution in [3.8, 4) is 11.3 Å². The van der Waals surface area contributed by atoms with Gasteiger partial charge in [-0.2, -0.15) is 0 Å². The Hall–Kier alpha value is -3.12. The molecule has 1 atom stereocenters. The van der Waals surface area contributed by atoms with Crippen LogP contribution in [0.3, 0.4) is 0 Å². The van der Waals surface area contributed by atoms with Crippen LogP contribution in [0.2, 0.25) is 0 Å². The van der Waals surface area contributed by atoms with Crippen LogP contribution in [-0.4, -0.2) is 22.0 Å². The van der Waals surface area contributed by atoms with Crippen molar-refractivity contribution in [1.82, 2.24) is 10.3 Å². The summed E-state index contributed by atoms with van der Waals surface area (Å²) in [4.78, 5) is 27.2. The molecule has 1 fully saturated rings. The lowest BCUT2D eigenvalue weighted by molar-refractivity contribution is -0.115. The molecule has 3 heterocycles. The number of hydrogen-bond donors (Lipinski definition) is 2. The molecular formula is C19H13ClN2O4. The third kappa shape index (κ3) is 2.95. The van der Waals surface area contributed by atoms with Crippen LogP contribution in [0.15, 0.2) is 63.5 Å². The number of carboxylic acid groups (broad SMARTS) is 1. The molecule has 1 unspecified atom stereocenters. The van der Waals surface area contributed by atoms with Gasteiger partial charge in [0.1, 0.15) is 11.5 Å². The fourth-order valence-electron chi connectivity index (χ4n) is 3.03. The van der Waals surface area contributed by atoms with Crippen molar-refractivity contribution in [2.45, 2.75) is 6.42 Å². The lowest BCUT2D eigenvalue weighted by atomic mass is 9.92. The molecule has 2 aromatic rings. The van der Waals surface area contributed by atoms with Crippen molar-refractivity contribution in [2.24, 2.45) is 5.92 Å². The zero-order chi connectivity index (χ0) is 18.3. The number of aromatic nitrogens is 1. The van der Waals surface area contributed by atoms with Crippen LogP contribution in [0, 0.1) is 5.92 Å². The Morgan fingerprint density at radius 2 is 2.19 bits per heavy atom. The van der Waals surface area contributed by atoms with Crippen LogP contribution < -0.4 is 5.32 Å². The molecule has 4 rings (SSSR count). The molecule has 6 nitrogen and oxygen atoms in total. The number of halogens is 1. The van der Waals surface area contributed by atoms with Gasteiger partial charge in [-0.05, 0) is 42.8 Å². The van der Waals surface area contributed by atoms with E-state index in [1.807, 2.05) is 6.08 Å². The van der Waals surface area contributed by atoms with Gasteiger partial charge in [0.25, 0.3) is 5.91 Å². The number of hydrogen-bond acceptors (Lipinski definition) is 4. The van der Waals surface area contributed by atoms with E-state index in [0.29, 0.717) is 34.1 Å². The van der Waals surface area contributed by atoms with E-state index in [-0.39, 0.29) is 17.4 Å². The van der Waals surface area contributed by atoms with Crippen molar-refractivity contribution in [1.29, 1.82) is 0 Å². The number of carbonyl (C=O) groups is 2. The average molecular weight is 369 g/mol. The third-order valence-corrected chi connectivity index (χ3v) is 4.59. The Bertz CT molecular complexity index is 1020. The molecule has 0 bridgehead atoms. The number of pyridine rings is 1. The first kappa shape index (κ1) is 16.4. The molecular weight excluding hydrogens is 356 g/mol. The molecule has 1 saturated heterocycles. The maximum atomic E-state index is 12.2. The van der Waals surface area contributed by atoms with E-state index in [0.717, 1.165) is 5.70 Å². The van der Waals surface area contributed by atoms with Crippen LogP contribution in [0.25, 0.3) is 17.4 Å². The third-order valence-electron chi connectivity index (χ3n) is 4.31. The number of carbonyl (C=O) groups excluding carboxylic acids is 1. The summed E-state index contributed by atoms with van der Waals surface area (Å²) in [6.45, 7) is 0. The molecule has 1 amide bonds. The Morgan fingerprint density at radius 3 is 3.00 bits per heavy atom. The zero-order valence-electron chi connectivity index (χ0n) is 13.4. The fourth-order valence-corrected chi connectivity index (χ4v) is 3.25. The van der Waals surface area contributed by atoms with Crippen molar-refractivity contribution in [3.63, 3.8) is 0 Å². The minimum atomic E-state index is -1.06. The molecule has 0 saturated carbocycles. The van der Waals surface area contributed by atoms with Gasteiger partial charge in [-0.15, -0.1) is 0 Å². The molecule has 0 radical (unpaired) electrons. The van der Waals surface area contributed by atoms with Crippen LogP contribution >= 0.6 is 11.6 Å². The van der Waals surface area contributed by atoms with E-state index in [1.165, 1.54) is 18.5 Å². The predicted molar refractivity (Wildman–Crippen MR) is 95.1 cm³/mol. The van der Waals surface area contributed by atoms with Gasteiger partial charge in [-0.25, -0.2) is 4.79 Å². The molecule has 0 aromatic carbocycles. The Kier molecular flexibility index (Phi) is 3.97. The number of furan rings is 1. The highest BCUT2D eigenvalue weighted by Crippen LogP contribution is 2.37. The summed E-state index contributed by atoms with van der Waals surface area (Å²) in [6.07, 6.45) is 8.64. The minimum Gasteiger partial charge on any atom is -0.478 e. The molecule has 26 heavy (non-hydrogen) atoms. The summed E-state index contributed by atoms with van der Waals surface area (Å²) in [5.74, 6) is -0.363. The van der Waals surface area contributed by atoms with E-state index in [4.69, 9.17) is 21.1 Å². The summed E-state index contributed by atoms with van der Waals surface area (Å²) in [5, 5.41) is 12.6. The quantitative estimate of drug-likeness (QED) is 0.808. The molecule has 0 spiro atoms. The SMILES string of the molecule is O=C1NC2=CC=C(Cl)CC2/C1=C\c1ccc(-c2cncc(C(=O)O)c2)o1. The van der Waals surface area contributed by atoms with Gasteiger partial charge in [0.15, 0.2) is 0 Å². The number of carboxylic acids is 1. The van der Waals surface area contributed by atoms with Crippen LogP contribution in [0.1, 0.15) is 22.5 Å². The highest BCUT2D eigenvalue weighted by atomic mass is 35.5. The lowest BCUT2D eigenvalue weighted by Crippen LogP contribution is -2.13. The van der Waals surface area contributed by atoms with Crippen LogP contribution in [-0.2, 0) is 4.79 Å². The summed E-state index contributed by atoms with van der Waals surface area (Å²) >= 11 is 6.10. The molecule has 130 valence electrons. The number of rotatable bonds is 3. The molecule has 7 heteroatoms. The van der Waals surface area contributed by atoms with E-state index in [9.17, 15) is 9.59 Å². The second kappa shape index (κ2) is 6.31. The summed E-state index contributed by atoms with van der Waals surface area (Å²) in [6, 6.07) is 4.93. The van der Waals surface area contributed by atoms with Crippen LogP contribution in [0.4, 0.5) is 0 Å². The van der Waals surface area contributed by atoms with Crippen molar-refractivity contribution >= 4 is 29.6 Å². The molecule has 2 aliphatic rings. The number of nitrogens with zero attached hydrogens (tertiary/aromatic N) is 1.